The number of β-amino-alcohol motifs (C(OH)–C–C–N with tert-alkyl or cyclic N) is 1. The molecule has 0 amide bonds. The highest BCUT2D eigenvalue weighted by Crippen LogP contribution is 2.16. The van der Waals surface area contributed by atoms with Crippen LogP contribution in [0.5, 0.6) is 0 Å². The van der Waals surface area contributed by atoms with Gasteiger partial charge in [0.1, 0.15) is 0 Å². The van der Waals surface area contributed by atoms with E-state index in [0.29, 0.717) is 19.0 Å². The van der Waals surface area contributed by atoms with E-state index >= 15 is 0 Å². The number of nitrogens with zero attached hydrogens (tertiary/aromatic N) is 1. The lowest BCUT2D eigenvalue weighted by atomic mass is 10.0. The molecule has 3 atom stereocenters. The van der Waals surface area contributed by atoms with Gasteiger partial charge in [-0.3, -0.25) is 4.90 Å². The zero-order valence-electron chi connectivity index (χ0n) is 12.5. The van der Waals surface area contributed by atoms with Gasteiger partial charge in [0.15, 0.2) is 0 Å². The first-order valence-electron chi connectivity index (χ1n) is 7.17. The van der Waals surface area contributed by atoms with Crippen molar-refractivity contribution in [2.45, 2.75) is 58.7 Å². The van der Waals surface area contributed by atoms with E-state index in [1.807, 2.05) is 13.8 Å². The predicted octanol–water partition coefficient (Wildman–Crippen LogP) is 0.796. The van der Waals surface area contributed by atoms with Crippen molar-refractivity contribution in [3.63, 3.8) is 0 Å². The average Bonchev–Trinajstić information content (AvgIpc) is 2.28. The van der Waals surface area contributed by atoms with Crippen LogP contribution in [0.2, 0.25) is 0 Å². The van der Waals surface area contributed by atoms with Gasteiger partial charge in [0.2, 0.25) is 10.0 Å². The molecule has 0 bridgehead atoms. The van der Waals surface area contributed by atoms with Crippen molar-refractivity contribution in [2.24, 2.45) is 5.92 Å². The van der Waals surface area contributed by atoms with E-state index in [-0.39, 0.29) is 17.7 Å². The van der Waals surface area contributed by atoms with Crippen LogP contribution in [0.3, 0.4) is 0 Å². The highest BCUT2D eigenvalue weighted by molar-refractivity contribution is 7.89. The summed E-state index contributed by atoms with van der Waals surface area (Å²) in [7, 11) is -3.29. The lowest BCUT2D eigenvalue weighted by Crippen LogP contribution is -2.56. The molecule has 1 aliphatic heterocycles. The fourth-order valence-corrected chi connectivity index (χ4v) is 4.18. The predicted molar refractivity (Wildman–Crippen MR) is 77.5 cm³/mol. The van der Waals surface area contributed by atoms with Gasteiger partial charge in [0.05, 0.1) is 17.9 Å². The van der Waals surface area contributed by atoms with Crippen LogP contribution in [0.15, 0.2) is 0 Å². The van der Waals surface area contributed by atoms with Crippen molar-refractivity contribution in [3.05, 3.63) is 0 Å². The Bertz CT molecular complexity index is 370. The van der Waals surface area contributed by atoms with Crippen LogP contribution in [0.1, 0.15) is 40.5 Å². The van der Waals surface area contributed by atoms with Crippen molar-refractivity contribution in [1.29, 1.82) is 0 Å². The molecular formula is C13H28N2O3S. The van der Waals surface area contributed by atoms with Gasteiger partial charge in [-0.2, -0.15) is 0 Å². The summed E-state index contributed by atoms with van der Waals surface area (Å²) in [6.45, 7) is 9.39. The quantitative estimate of drug-likeness (QED) is 0.759. The summed E-state index contributed by atoms with van der Waals surface area (Å²) in [5.74, 6) is 0.209. The van der Waals surface area contributed by atoms with Crippen molar-refractivity contribution in [3.8, 4) is 0 Å². The van der Waals surface area contributed by atoms with Crippen LogP contribution in [0, 0.1) is 5.92 Å². The molecule has 114 valence electrons. The normalized spacial score (nSPS) is 27.7. The van der Waals surface area contributed by atoms with E-state index in [1.54, 1.807) is 0 Å². The summed E-state index contributed by atoms with van der Waals surface area (Å²) in [4.78, 5) is 2.22. The Morgan fingerprint density at radius 2 is 2.00 bits per heavy atom. The summed E-state index contributed by atoms with van der Waals surface area (Å²) in [5, 5.41) is 10.1. The summed E-state index contributed by atoms with van der Waals surface area (Å²) < 4.78 is 26.4. The average molecular weight is 292 g/mol. The number of piperidine rings is 1. The Kier molecular flexibility index (Phi) is 6.23. The number of rotatable bonds is 6. The second-order valence-corrected chi connectivity index (χ2v) is 7.81. The van der Waals surface area contributed by atoms with Crippen LogP contribution in [-0.4, -0.2) is 55.5 Å². The van der Waals surface area contributed by atoms with Crippen molar-refractivity contribution < 1.29 is 13.5 Å². The van der Waals surface area contributed by atoms with E-state index in [4.69, 9.17) is 0 Å². The molecule has 0 aromatic rings. The van der Waals surface area contributed by atoms with Gasteiger partial charge >= 0.3 is 0 Å². The molecule has 0 aliphatic carbocycles. The standard InChI is InChI=1S/C13H28N2O3S/c1-5-11(4)15-7-6-12(13(16)8-15)14-19(17,18)9-10(2)3/h10-14,16H,5-9H2,1-4H3. The van der Waals surface area contributed by atoms with E-state index in [9.17, 15) is 13.5 Å². The number of hydrogen-bond donors (Lipinski definition) is 2. The molecule has 1 aliphatic rings. The molecule has 0 radical (unpaired) electrons. The van der Waals surface area contributed by atoms with E-state index in [2.05, 4.69) is 23.5 Å². The maximum absolute atomic E-state index is 11.9. The zero-order valence-corrected chi connectivity index (χ0v) is 13.3. The third-order valence-corrected chi connectivity index (χ3v) is 5.48. The maximum Gasteiger partial charge on any atom is 0.212 e. The first-order chi connectivity index (χ1) is 8.75. The lowest BCUT2D eigenvalue weighted by molar-refractivity contribution is 0.0299. The van der Waals surface area contributed by atoms with E-state index in [0.717, 1.165) is 13.0 Å². The number of sulfonamides is 1. The van der Waals surface area contributed by atoms with Gasteiger partial charge < -0.3 is 5.11 Å². The SMILES string of the molecule is CCC(C)N1CCC(NS(=O)(=O)CC(C)C)C(O)C1. The minimum absolute atomic E-state index is 0.0924. The van der Waals surface area contributed by atoms with Crippen LogP contribution >= 0.6 is 0 Å². The van der Waals surface area contributed by atoms with E-state index < -0.39 is 16.1 Å². The molecule has 1 saturated heterocycles. The molecule has 1 rings (SSSR count). The Balaban J connectivity index is 2.55. The number of nitrogens with one attached hydrogen (secondary N) is 1. The summed E-state index contributed by atoms with van der Waals surface area (Å²) >= 11 is 0. The summed E-state index contributed by atoms with van der Waals surface area (Å²) in [5.41, 5.74) is 0. The molecule has 2 N–H and O–H groups in total. The molecule has 6 heteroatoms. The molecule has 19 heavy (non-hydrogen) atoms. The molecule has 1 fully saturated rings. The van der Waals surface area contributed by atoms with Gasteiger partial charge in [-0.1, -0.05) is 20.8 Å². The van der Waals surface area contributed by atoms with Gasteiger partial charge in [0, 0.05) is 19.1 Å². The third kappa shape index (κ3) is 5.38. The number of aliphatic hydroxyl groups is 1. The van der Waals surface area contributed by atoms with Gasteiger partial charge in [-0.05, 0) is 25.7 Å². The molecular weight excluding hydrogens is 264 g/mol. The van der Waals surface area contributed by atoms with Gasteiger partial charge in [-0.25, -0.2) is 13.1 Å². The second kappa shape index (κ2) is 7.02. The molecule has 1 heterocycles. The van der Waals surface area contributed by atoms with Gasteiger partial charge in [-0.15, -0.1) is 0 Å². The van der Waals surface area contributed by atoms with Crippen molar-refractivity contribution in [2.75, 3.05) is 18.8 Å². The molecule has 3 unspecified atom stereocenters. The summed E-state index contributed by atoms with van der Waals surface area (Å²) in [6.07, 6.45) is 1.09. The van der Waals surface area contributed by atoms with Crippen LogP contribution < -0.4 is 4.72 Å². The number of aliphatic hydroxyl groups excluding tert-OH is 1. The molecule has 0 aromatic heterocycles. The number of hydrogen-bond acceptors (Lipinski definition) is 4. The highest BCUT2D eigenvalue weighted by Gasteiger charge is 2.32. The monoisotopic (exact) mass is 292 g/mol. The minimum Gasteiger partial charge on any atom is -0.390 e. The van der Waals surface area contributed by atoms with E-state index in [1.165, 1.54) is 0 Å². The van der Waals surface area contributed by atoms with Crippen molar-refractivity contribution in [1.82, 2.24) is 9.62 Å². The van der Waals surface area contributed by atoms with Crippen LogP contribution in [-0.2, 0) is 10.0 Å². The Morgan fingerprint density at radius 1 is 1.37 bits per heavy atom. The zero-order chi connectivity index (χ0) is 14.6. The first kappa shape index (κ1) is 16.9. The largest absolute Gasteiger partial charge is 0.390 e. The Morgan fingerprint density at radius 3 is 2.47 bits per heavy atom. The minimum atomic E-state index is -3.29. The van der Waals surface area contributed by atoms with Gasteiger partial charge in [0.25, 0.3) is 0 Å². The summed E-state index contributed by atoms with van der Waals surface area (Å²) in [6, 6.07) is 0.0897. The topological polar surface area (TPSA) is 69.6 Å². The van der Waals surface area contributed by atoms with Crippen LogP contribution in [0.25, 0.3) is 0 Å². The molecule has 0 spiro atoms. The molecule has 5 nitrogen and oxygen atoms in total. The lowest BCUT2D eigenvalue weighted by Gasteiger charge is -2.39. The van der Waals surface area contributed by atoms with Crippen molar-refractivity contribution >= 4 is 10.0 Å². The Labute approximate surface area is 117 Å². The highest BCUT2D eigenvalue weighted by atomic mass is 32.2. The fraction of sp³-hybridized carbons (Fsp3) is 1.00. The number of likely N-dealkylation sites (tertiary alicyclic amines) is 1. The smallest absolute Gasteiger partial charge is 0.212 e. The second-order valence-electron chi connectivity index (χ2n) is 6.01. The Hall–Kier alpha value is -0.170. The van der Waals surface area contributed by atoms with Crippen LogP contribution in [0.4, 0.5) is 0 Å². The molecule has 0 aromatic carbocycles. The molecule has 0 saturated carbocycles. The first-order valence-corrected chi connectivity index (χ1v) is 8.82. The maximum atomic E-state index is 11.9. The fourth-order valence-electron chi connectivity index (χ4n) is 2.47. The third-order valence-electron chi connectivity index (χ3n) is 3.71.